The van der Waals surface area contributed by atoms with Crippen LogP contribution in [0.1, 0.15) is 62.6 Å². The molecule has 0 radical (unpaired) electrons. The van der Waals surface area contributed by atoms with Gasteiger partial charge in [0.1, 0.15) is 36.8 Å². The number of ether oxygens (including phenoxy) is 1. The minimum Gasteiger partial charge on any atom is -0.691 e. The van der Waals surface area contributed by atoms with Crippen molar-refractivity contribution in [1.82, 2.24) is 36.0 Å². The van der Waals surface area contributed by atoms with E-state index in [9.17, 15) is 75.2 Å². The molecule has 0 unspecified atom stereocenters. The third-order valence-electron chi connectivity index (χ3n) is 15.6. The molecule has 3 fully saturated rings. The normalized spacial score (nSPS) is 26.3. The van der Waals surface area contributed by atoms with Crippen molar-refractivity contribution in [2.45, 2.75) is 119 Å². The third kappa shape index (κ3) is 16.7. The number of aliphatic hydroxyl groups is 8. The quantitative estimate of drug-likeness (QED) is 0.0185. The average Bonchev–Trinajstić information content (AvgIpc) is 2.74. The van der Waals surface area contributed by atoms with Crippen LogP contribution in [-0.4, -0.2) is 222 Å². The van der Waals surface area contributed by atoms with Crippen LogP contribution in [0, 0.1) is 17.8 Å². The number of carbonyl (C=O) groups is 7. The van der Waals surface area contributed by atoms with Gasteiger partial charge in [-0.05, 0) is 59.7 Å². The topological polar surface area (TPSA) is 419 Å². The van der Waals surface area contributed by atoms with Crippen LogP contribution in [-0.2, 0) is 49.3 Å². The summed E-state index contributed by atoms with van der Waals surface area (Å²) in [6.07, 6.45) is -13.1. The number of amides is 7. The van der Waals surface area contributed by atoms with Crippen LogP contribution in [0.2, 0.25) is 0 Å². The number of fused-ring (bicyclic) bond motifs is 5. The van der Waals surface area contributed by atoms with E-state index in [-0.39, 0.29) is 79.3 Å². The Morgan fingerprint density at radius 1 is 0.776 bits per heavy atom. The predicted molar refractivity (Wildman–Crippen MR) is 290 cm³/mol. The minimum atomic E-state index is -2.18. The molecule has 13 N–H and O–H groups in total. The zero-order chi connectivity index (χ0) is 61.1. The first-order valence-electron chi connectivity index (χ1n) is 27.4. The van der Waals surface area contributed by atoms with E-state index in [4.69, 9.17) is 8.92 Å². The van der Waals surface area contributed by atoms with E-state index in [1.54, 1.807) is 0 Å². The Labute approximate surface area is 515 Å². The number of carbonyl (C=O) groups excluding carboxylic acids is 7. The summed E-state index contributed by atoms with van der Waals surface area (Å²) in [4.78, 5) is 104. The summed E-state index contributed by atoms with van der Waals surface area (Å²) in [5.74, 6) is -10.8. The van der Waals surface area contributed by atoms with Crippen molar-refractivity contribution in [3.8, 4) is 22.6 Å². The number of hydrogen-bond acceptors (Lipinski definition) is 22. The second kappa shape index (κ2) is 31.3. The molecule has 460 valence electrons. The molecule has 13 atom stereocenters. The Morgan fingerprint density at radius 3 is 2.04 bits per heavy atom. The fourth-order valence-corrected chi connectivity index (χ4v) is 11.3. The molecule has 85 heavy (non-hydrogen) atoms. The van der Waals surface area contributed by atoms with Crippen LogP contribution in [0.25, 0.3) is 11.1 Å². The summed E-state index contributed by atoms with van der Waals surface area (Å²) in [5.41, 5.74) is 3.75. The number of β-amino-alcohol motifs (C(OH)–C–C–N with tert-alkyl or cyclic N) is 1. The molecule has 3 aliphatic heterocycles. The van der Waals surface area contributed by atoms with Gasteiger partial charge in [0.2, 0.25) is 35.4 Å². The number of phenolic OH excluding ortho intramolecular Hbond substituents is 1. The first-order valence-corrected chi connectivity index (χ1v) is 28.0. The van der Waals surface area contributed by atoms with Gasteiger partial charge in [-0.3, -0.25) is 33.8 Å². The van der Waals surface area contributed by atoms with Crippen LogP contribution in [0.15, 0.2) is 66.7 Å². The number of nitrogens with zero attached hydrogens (tertiary/aromatic N) is 3. The zero-order valence-corrected chi connectivity index (χ0v) is 50.0. The van der Waals surface area contributed by atoms with Crippen molar-refractivity contribution in [3.05, 3.63) is 83.4 Å². The summed E-state index contributed by atoms with van der Waals surface area (Å²) in [6.45, 7) is 0.450. The monoisotopic (exact) mass is 1220 g/mol. The van der Waals surface area contributed by atoms with E-state index in [0.29, 0.717) is 0 Å². The zero-order valence-electron chi connectivity index (χ0n) is 47.2. The number of hydrogen-bond donors (Lipinski definition) is 13. The fourth-order valence-electron chi connectivity index (χ4n) is 11.0. The number of aliphatic hydroxyl groups excluding tert-OH is 8. The van der Waals surface area contributed by atoms with E-state index in [1.807, 2.05) is 48.5 Å². The Morgan fingerprint density at radius 2 is 1.40 bits per heavy atom. The van der Waals surface area contributed by atoms with E-state index < -0.39 is 190 Å². The molecule has 28 nitrogen and oxygen atoms in total. The molecule has 30 heteroatoms. The summed E-state index contributed by atoms with van der Waals surface area (Å²) in [5, 5.41) is 123. The van der Waals surface area contributed by atoms with E-state index >= 15 is 9.59 Å². The predicted octanol–water partition coefficient (Wildman–Crippen LogP) is -6.41. The van der Waals surface area contributed by atoms with Crippen LogP contribution >= 0.6 is 12.3 Å². The number of aromatic hydroxyl groups is 1. The van der Waals surface area contributed by atoms with Crippen molar-refractivity contribution < 1.29 is 133 Å². The second-order valence-corrected chi connectivity index (χ2v) is 22.2. The van der Waals surface area contributed by atoms with Crippen LogP contribution < -0.4 is 60.3 Å². The first kappa shape index (κ1) is 68.4. The Bertz CT molecular complexity index is 2780. The Hall–Kier alpha value is -5.74. The summed E-state index contributed by atoms with van der Waals surface area (Å²) in [6, 6.07) is 9.17. The maximum Gasteiger partial charge on any atom is 1.00 e. The van der Waals surface area contributed by atoms with Gasteiger partial charge in [0.25, 0.3) is 12.3 Å². The molecule has 0 bridgehead atoms. The van der Waals surface area contributed by atoms with Gasteiger partial charge in [-0.1, -0.05) is 68.4 Å². The standard InChI is InChI=1S/C55H73N7O21S.Na/c1-27-16-32(66)20-56-52(75)47-48(71)28(2)21-62(47)54(77)46(41(69)14-15-60(22-31(24-63)25-64)55(78)80-26-38-36-10-6-4-8-34(36)35-9-5-7-11-37(35)38)59-51(74)45(42(70)17-30-12-13-40(68)43(18-30)81-84-83-82-79)58-50(73)39-19-33(67)23-61(39)53(76)44(29(3)65)57-49(27)72;/h4-13,18,27-29,31-33,38-39,41-42,44-48,63-71,79H,14-17,19-26H2,1-3H3,(H,56,75)(H,57,72)(H,58,73)(H,59,74);/q;+1/p-1/t27-,28-,29+,32+,33+,39-,41+,42+,44-,45-,46-,47-,48-;/m0./s1. The van der Waals surface area contributed by atoms with Crippen LogP contribution in [0.5, 0.6) is 11.5 Å². The molecule has 3 heterocycles. The second-order valence-electron chi connectivity index (χ2n) is 21.7. The molecule has 3 aromatic rings. The summed E-state index contributed by atoms with van der Waals surface area (Å²) >= 11 is 0.00585. The maximum absolute atomic E-state index is 15.2. The van der Waals surface area contributed by atoms with Crippen molar-refractivity contribution in [2.75, 3.05) is 52.5 Å². The number of phenols is 1. The van der Waals surface area contributed by atoms with Crippen LogP contribution in [0.3, 0.4) is 0 Å². The molecule has 3 aromatic carbocycles. The molecule has 1 aliphatic carbocycles. The molecule has 0 aromatic heterocycles. The Balaban J connectivity index is 0.0000116. The SMILES string of the molecule is C[C@H]1C[C@@H](O)CNC(=O)[C@@H]2[C@@H](O)[C@@H](C)CN2C(=O)[C@H]([C@H](O)CCN(CC(CO)CO)C(=O)OCC2c3ccccc3-c3ccccc32)NC(=O)[C@H]([C@H](O)Cc2ccc(O)c(OSOO[O-])c2)NC(=O)[C@@H]2C[C@@H](O)CN2C(=O)[C@H]([C@@H](C)O)NC1=O.[Na+]. The molecule has 4 aliphatic rings. The van der Waals surface area contributed by atoms with Gasteiger partial charge in [0.05, 0.1) is 36.6 Å². The van der Waals surface area contributed by atoms with Gasteiger partial charge >= 0.3 is 35.7 Å². The van der Waals surface area contributed by atoms with Gasteiger partial charge < -0.3 is 96.1 Å². The van der Waals surface area contributed by atoms with E-state index in [2.05, 4.69) is 30.6 Å². The minimum absolute atomic E-state index is 0. The van der Waals surface area contributed by atoms with E-state index in [0.717, 1.165) is 49.1 Å². The molecule has 7 amide bonds. The first-order chi connectivity index (χ1) is 40.1. The van der Waals surface area contributed by atoms with Crippen molar-refractivity contribution in [1.29, 1.82) is 0 Å². The van der Waals surface area contributed by atoms with Crippen molar-refractivity contribution in [3.63, 3.8) is 0 Å². The van der Waals surface area contributed by atoms with Gasteiger partial charge in [0, 0.05) is 82.5 Å². The molecule has 7 rings (SSSR count). The van der Waals surface area contributed by atoms with Gasteiger partial charge in [0.15, 0.2) is 11.5 Å². The average molecular weight is 1220 g/mol. The van der Waals surface area contributed by atoms with Gasteiger partial charge in [-0.15, -0.1) is 4.33 Å². The molecule has 3 saturated heterocycles. The van der Waals surface area contributed by atoms with E-state index in [1.165, 1.54) is 26.8 Å². The fraction of sp³-hybridized carbons (Fsp3) is 0.545. The summed E-state index contributed by atoms with van der Waals surface area (Å²) in [7, 11) is 0. The molecular formula is C55H72N7NaO21S. The van der Waals surface area contributed by atoms with Gasteiger partial charge in [-0.25, -0.2) is 4.79 Å². The number of rotatable bonds is 18. The molecular weight excluding hydrogens is 1150 g/mol. The summed E-state index contributed by atoms with van der Waals surface area (Å²) < 4.78 is 15.1. The number of nitrogens with one attached hydrogen (secondary N) is 4. The number of benzene rings is 3. The largest absolute Gasteiger partial charge is 1.00 e. The van der Waals surface area contributed by atoms with Gasteiger partial charge in [-0.2, -0.15) is 0 Å². The smallest absolute Gasteiger partial charge is 0.691 e. The van der Waals surface area contributed by atoms with Crippen molar-refractivity contribution >= 4 is 53.9 Å². The molecule has 0 saturated carbocycles. The third-order valence-corrected chi connectivity index (χ3v) is 16.0. The van der Waals surface area contributed by atoms with Crippen LogP contribution in [0.4, 0.5) is 4.79 Å². The molecule has 0 spiro atoms. The Kier molecular flexibility index (Phi) is 25.1. The van der Waals surface area contributed by atoms with Crippen molar-refractivity contribution in [2.24, 2.45) is 17.8 Å². The maximum atomic E-state index is 15.2.